The van der Waals surface area contributed by atoms with E-state index in [-0.39, 0.29) is 19.6 Å². The van der Waals surface area contributed by atoms with E-state index in [0.717, 1.165) is 5.56 Å². The van der Waals surface area contributed by atoms with Crippen molar-refractivity contribution < 1.29 is 24.2 Å². The van der Waals surface area contributed by atoms with Gasteiger partial charge in [0, 0.05) is 6.42 Å². The van der Waals surface area contributed by atoms with Gasteiger partial charge in [-0.25, -0.2) is 9.59 Å². The topological polar surface area (TPSA) is 105 Å². The summed E-state index contributed by atoms with van der Waals surface area (Å²) in [6, 6.07) is 7.13. The lowest BCUT2D eigenvalue weighted by Crippen LogP contribution is -2.48. The third kappa shape index (κ3) is 6.42. The number of nitrogens with one attached hydrogen (secondary N) is 2. The van der Waals surface area contributed by atoms with Crippen molar-refractivity contribution in [2.24, 2.45) is 0 Å². The van der Waals surface area contributed by atoms with Crippen molar-refractivity contribution in [3.8, 4) is 0 Å². The lowest BCUT2D eigenvalue weighted by molar-refractivity contribution is -0.141. The SMILES string of the molecule is CCOC(=O)CNC(=O)NC(Cc1ccccc1)C(=O)O. The molecule has 7 nitrogen and oxygen atoms in total. The fourth-order valence-corrected chi connectivity index (χ4v) is 1.62. The molecule has 3 N–H and O–H groups in total. The van der Waals surface area contributed by atoms with Gasteiger partial charge in [0.15, 0.2) is 0 Å². The molecule has 7 heteroatoms. The number of amides is 2. The number of carboxylic acids is 1. The molecule has 2 amide bonds. The van der Waals surface area contributed by atoms with Crippen LogP contribution in [0, 0.1) is 0 Å². The van der Waals surface area contributed by atoms with Crippen LogP contribution in [0.5, 0.6) is 0 Å². The van der Waals surface area contributed by atoms with Crippen LogP contribution < -0.4 is 10.6 Å². The Hall–Kier alpha value is -2.57. The van der Waals surface area contributed by atoms with Crippen LogP contribution in [-0.4, -0.2) is 42.3 Å². The minimum atomic E-state index is -1.15. The Morgan fingerprint density at radius 2 is 1.90 bits per heavy atom. The molecule has 114 valence electrons. The second-order valence-corrected chi connectivity index (χ2v) is 4.21. The molecule has 0 saturated carbocycles. The number of benzene rings is 1. The van der Waals surface area contributed by atoms with Crippen LogP contribution >= 0.6 is 0 Å². The number of hydrogen-bond donors (Lipinski definition) is 3. The first-order valence-corrected chi connectivity index (χ1v) is 6.49. The lowest BCUT2D eigenvalue weighted by atomic mass is 10.1. The van der Waals surface area contributed by atoms with E-state index in [4.69, 9.17) is 5.11 Å². The summed E-state index contributed by atoms with van der Waals surface area (Å²) < 4.78 is 4.64. The van der Waals surface area contributed by atoms with E-state index in [9.17, 15) is 14.4 Å². The van der Waals surface area contributed by atoms with Gasteiger partial charge >= 0.3 is 18.0 Å². The van der Waals surface area contributed by atoms with Crippen molar-refractivity contribution in [2.75, 3.05) is 13.2 Å². The molecule has 0 aliphatic carbocycles. The third-order valence-electron chi connectivity index (χ3n) is 2.58. The maximum absolute atomic E-state index is 11.6. The number of rotatable bonds is 7. The normalized spacial score (nSPS) is 11.3. The predicted molar refractivity (Wildman–Crippen MR) is 74.7 cm³/mol. The van der Waals surface area contributed by atoms with Crippen LogP contribution in [-0.2, 0) is 20.7 Å². The predicted octanol–water partition coefficient (Wildman–Crippen LogP) is 0.545. The summed E-state index contributed by atoms with van der Waals surface area (Å²) in [6.07, 6.45) is 0.156. The molecule has 1 rings (SSSR count). The summed E-state index contributed by atoms with van der Waals surface area (Å²) in [4.78, 5) is 33.8. The molecule has 0 radical (unpaired) electrons. The first-order valence-electron chi connectivity index (χ1n) is 6.49. The van der Waals surface area contributed by atoms with E-state index in [2.05, 4.69) is 15.4 Å². The fourth-order valence-electron chi connectivity index (χ4n) is 1.62. The summed E-state index contributed by atoms with van der Waals surface area (Å²) >= 11 is 0. The number of carbonyl (C=O) groups is 3. The van der Waals surface area contributed by atoms with E-state index in [1.54, 1.807) is 31.2 Å². The molecule has 1 atom stereocenters. The quantitative estimate of drug-likeness (QED) is 0.637. The van der Waals surface area contributed by atoms with Gasteiger partial charge in [0.05, 0.1) is 6.61 Å². The molecule has 0 bridgehead atoms. The Balaban J connectivity index is 2.49. The van der Waals surface area contributed by atoms with Gasteiger partial charge in [0.2, 0.25) is 0 Å². The van der Waals surface area contributed by atoms with Gasteiger partial charge < -0.3 is 20.5 Å². The Labute approximate surface area is 122 Å². The molecule has 1 aromatic carbocycles. The maximum Gasteiger partial charge on any atom is 0.326 e. The highest BCUT2D eigenvalue weighted by Crippen LogP contribution is 2.03. The molecule has 1 aromatic rings. The van der Waals surface area contributed by atoms with Gasteiger partial charge in [-0.05, 0) is 12.5 Å². The molecule has 21 heavy (non-hydrogen) atoms. The fraction of sp³-hybridized carbons (Fsp3) is 0.357. The Bertz CT molecular complexity index is 489. The van der Waals surface area contributed by atoms with Gasteiger partial charge in [-0.3, -0.25) is 4.79 Å². The molecule has 0 aromatic heterocycles. The highest BCUT2D eigenvalue weighted by Gasteiger charge is 2.20. The molecule has 0 heterocycles. The van der Waals surface area contributed by atoms with Gasteiger partial charge in [-0.2, -0.15) is 0 Å². The van der Waals surface area contributed by atoms with Crippen LogP contribution in [0.2, 0.25) is 0 Å². The number of esters is 1. The van der Waals surface area contributed by atoms with E-state index in [1.807, 2.05) is 6.07 Å². The summed E-state index contributed by atoms with van der Waals surface area (Å²) in [5, 5.41) is 13.7. The minimum absolute atomic E-state index is 0.156. The van der Waals surface area contributed by atoms with Gasteiger partial charge in [0.1, 0.15) is 12.6 Å². The van der Waals surface area contributed by atoms with Gasteiger partial charge in [0.25, 0.3) is 0 Å². The molecule has 0 fully saturated rings. The van der Waals surface area contributed by atoms with Crippen LogP contribution in [0.4, 0.5) is 4.79 Å². The molecule has 0 spiro atoms. The summed E-state index contributed by atoms with van der Waals surface area (Å²) in [5.41, 5.74) is 0.788. The van der Waals surface area contributed by atoms with E-state index >= 15 is 0 Å². The minimum Gasteiger partial charge on any atom is -0.480 e. The summed E-state index contributed by atoms with van der Waals surface area (Å²) in [7, 11) is 0. The number of aliphatic carboxylic acids is 1. The molecule has 0 saturated heterocycles. The van der Waals surface area contributed by atoms with Crippen LogP contribution in [0.15, 0.2) is 30.3 Å². The maximum atomic E-state index is 11.6. The summed E-state index contributed by atoms with van der Waals surface area (Å²) in [5.74, 6) is -1.73. The number of carboxylic acid groups (broad SMARTS) is 1. The van der Waals surface area contributed by atoms with Crippen LogP contribution in [0.25, 0.3) is 0 Å². The second-order valence-electron chi connectivity index (χ2n) is 4.21. The first kappa shape index (κ1) is 16.5. The van der Waals surface area contributed by atoms with Crippen molar-refractivity contribution in [1.29, 1.82) is 0 Å². The Morgan fingerprint density at radius 1 is 1.24 bits per heavy atom. The molecule has 0 aliphatic rings. The highest BCUT2D eigenvalue weighted by atomic mass is 16.5. The van der Waals surface area contributed by atoms with Crippen molar-refractivity contribution in [3.63, 3.8) is 0 Å². The molecular formula is C14H18N2O5. The number of carbonyl (C=O) groups excluding carboxylic acids is 2. The third-order valence-corrected chi connectivity index (χ3v) is 2.58. The lowest BCUT2D eigenvalue weighted by Gasteiger charge is -2.15. The molecular weight excluding hydrogens is 276 g/mol. The zero-order valence-electron chi connectivity index (χ0n) is 11.7. The zero-order valence-corrected chi connectivity index (χ0v) is 11.7. The van der Waals surface area contributed by atoms with Crippen molar-refractivity contribution in [3.05, 3.63) is 35.9 Å². The average molecular weight is 294 g/mol. The summed E-state index contributed by atoms with van der Waals surface area (Å²) in [6.45, 7) is 1.56. The number of ether oxygens (including phenoxy) is 1. The monoisotopic (exact) mass is 294 g/mol. The molecule has 0 aliphatic heterocycles. The van der Waals surface area contributed by atoms with E-state index < -0.39 is 24.0 Å². The smallest absolute Gasteiger partial charge is 0.326 e. The van der Waals surface area contributed by atoms with Gasteiger partial charge in [-0.15, -0.1) is 0 Å². The Kier molecular flexibility index (Phi) is 6.73. The van der Waals surface area contributed by atoms with Gasteiger partial charge in [-0.1, -0.05) is 30.3 Å². The average Bonchev–Trinajstić information content (AvgIpc) is 2.46. The second kappa shape index (κ2) is 8.57. The van der Waals surface area contributed by atoms with Crippen LogP contribution in [0.3, 0.4) is 0 Å². The van der Waals surface area contributed by atoms with E-state index in [0.29, 0.717) is 0 Å². The van der Waals surface area contributed by atoms with Crippen molar-refractivity contribution in [2.45, 2.75) is 19.4 Å². The first-order chi connectivity index (χ1) is 10.0. The largest absolute Gasteiger partial charge is 0.480 e. The van der Waals surface area contributed by atoms with E-state index in [1.165, 1.54) is 0 Å². The highest BCUT2D eigenvalue weighted by molar-refractivity contribution is 5.85. The zero-order chi connectivity index (χ0) is 15.7. The number of hydrogen-bond acceptors (Lipinski definition) is 4. The van der Waals surface area contributed by atoms with Crippen molar-refractivity contribution >= 4 is 18.0 Å². The number of urea groups is 1. The standard InChI is InChI=1S/C14H18N2O5/c1-2-21-12(17)9-15-14(20)16-11(13(18)19)8-10-6-4-3-5-7-10/h3-7,11H,2,8-9H2,1H3,(H,18,19)(H2,15,16,20). The Morgan fingerprint density at radius 3 is 2.48 bits per heavy atom. The molecule has 1 unspecified atom stereocenters. The van der Waals surface area contributed by atoms with Crippen molar-refractivity contribution in [1.82, 2.24) is 10.6 Å². The van der Waals surface area contributed by atoms with Crippen LogP contribution in [0.1, 0.15) is 12.5 Å².